The van der Waals surface area contributed by atoms with Gasteiger partial charge in [-0.15, -0.1) is 11.3 Å². The smallest absolute Gasteiger partial charge is 0.331 e. The van der Waals surface area contributed by atoms with Gasteiger partial charge in [-0.3, -0.25) is 4.84 Å². The standard InChI is InChI=1S/C19H19N3O2S/c1-14-17(25-18(21-14)16-10-6-3-7-11-16)12-20-19(23)22-24-13-15-8-4-2-5-9-15/h2-11H,12-13H2,1H3,(H2,20,22,23). The van der Waals surface area contributed by atoms with E-state index in [-0.39, 0.29) is 6.03 Å². The van der Waals surface area contributed by atoms with Crippen LogP contribution in [0.2, 0.25) is 0 Å². The van der Waals surface area contributed by atoms with Crippen molar-refractivity contribution in [2.24, 2.45) is 0 Å². The largest absolute Gasteiger partial charge is 0.339 e. The molecule has 25 heavy (non-hydrogen) atoms. The first kappa shape index (κ1) is 17.1. The number of nitrogens with zero attached hydrogens (tertiary/aromatic N) is 1. The van der Waals surface area contributed by atoms with Gasteiger partial charge in [0.15, 0.2) is 0 Å². The number of hydroxylamine groups is 1. The van der Waals surface area contributed by atoms with Crippen LogP contribution in [0.4, 0.5) is 4.79 Å². The molecule has 0 unspecified atom stereocenters. The van der Waals surface area contributed by atoms with E-state index in [1.165, 1.54) is 0 Å². The minimum absolute atomic E-state index is 0.325. The van der Waals surface area contributed by atoms with Gasteiger partial charge in [0.25, 0.3) is 0 Å². The molecule has 3 rings (SSSR count). The summed E-state index contributed by atoms with van der Waals surface area (Å²) in [5, 5.41) is 3.74. The third-order valence-corrected chi connectivity index (χ3v) is 4.78. The zero-order chi connectivity index (χ0) is 17.5. The Labute approximate surface area is 150 Å². The summed E-state index contributed by atoms with van der Waals surface area (Å²) >= 11 is 1.58. The predicted molar refractivity (Wildman–Crippen MR) is 98.9 cm³/mol. The summed E-state index contributed by atoms with van der Waals surface area (Å²) < 4.78 is 0. The zero-order valence-corrected chi connectivity index (χ0v) is 14.7. The summed E-state index contributed by atoms with van der Waals surface area (Å²) in [5.74, 6) is 0. The summed E-state index contributed by atoms with van der Waals surface area (Å²) in [6.07, 6.45) is 0. The van der Waals surface area contributed by atoms with E-state index >= 15 is 0 Å². The molecule has 0 saturated heterocycles. The van der Waals surface area contributed by atoms with Crippen molar-refractivity contribution in [2.75, 3.05) is 0 Å². The van der Waals surface area contributed by atoms with Gasteiger partial charge in [-0.2, -0.15) is 0 Å². The summed E-state index contributed by atoms with van der Waals surface area (Å²) in [5.41, 5.74) is 5.39. The monoisotopic (exact) mass is 353 g/mol. The van der Waals surface area contributed by atoms with Gasteiger partial charge >= 0.3 is 6.03 Å². The Morgan fingerprint density at radius 2 is 1.76 bits per heavy atom. The molecule has 0 atom stereocenters. The second kappa shape index (κ2) is 8.41. The summed E-state index contributed by atoms with van der Waals surface area (Å²) in [6.45, 7) is 2.69. The van der Waals surface area contributed by atoms with E-state index in [1.807, 2.05) is 67.6 Å². The molecule has 0 aliphatic rings. The lowest BCUT2D eigenvalue weighted by Gasteiger charge is -2.07. The van der Waals surface area contributed by atoms with E-state index in [9.17, 15) is 4.79 Å². The molecule has 2 amide bonds. The van der Waals surface area contributed by atoms with Crippen molar-refractivity contribution in [3.05, 3.63) is 76.8 Å². The second-order valence-corrected chi connectivity index (χ2v) is 6.54. The molecule has 6 heteroatoms. The molecule has 5 nitrogen and oxygen atoms in total. The number of benzene rings is 2. The first-order valence-electron chi connectivity index (χ1n) is 7.93. The number of urea groups is 1. The Hall–Kier alpha value is -2.70. The number of thiazole rings is 1. The van der Waals surface area contributed by atoms with Gasteiger partial charge < -0.3 is 5.32 Å². The molecular weight excluding hydrogens is 334 g/mol. The average molecular weight is 353 g/mol. The molecule has 0 bridgehead atoms. The zero-order valence-electron chi connectivity index (χ0n) is 13.9. The Balaban J connectivity index is 1.48. The van der Waals surface area contributed by atoms with Gasteiger partial charge in [0.1, 0.15) is 5.01 Å². The van der Waals surface area contributed by atoms with Crippen molar-refractivity contribution >= 4 is 17.4 Å². The van der Waals surface area contributed by atoms with E-state index in [0.29, 0.717) is 13.2 Å². The van der Waals surface area contributed by atoms with Crippen LogP contribution in [-0.4, -0.2) is 11.0 Å². The lowest BCUT2D eigenvalue weighted by Crippen LogP contribution is -2.34. The molecule has 0 radical (unpaired) electrons. The van der Waals surface area contributed by atoms with Crippen molar-refractivity contribution in [3.8, 4) is 10.6 Å². The van der Waals surface area contributed by atoms with Crippen molar-refractivity contribution in [2.45, 2.75) is 20.1 Å². The quantitative estimate of drug-likeness (QED) is 0.657. The fourth-order valence-electron chi connectivity index (χ4n) is 2.25. The number of nitrogens with one attached hydrogen (secondary N) is 2. The van der Waals surface area contributed by atoms with E-state index in [0.717, 1.165) is 26.7 Å². The SMILES string of the molecule is Cc1nc(-c2ccccc2)sc1CNC(=O)NOCc1ccccc1. The van der Waals surface area contributed by atoms with E-state index in [2.05, 4.69) is 15.8 Å². The number of carbonyl (C=O) groups excluding carboxylic acids is 1. The number of hydrogen-bond acceptors (Lipinski definition) is 4. The maximum Gasteiger partial charge on any atom is 0.339 e. The molecule has 128 valence electrons. The predicted octanol–water partition coefficient (Wildman–Crippen LogP) is 4.05. The molecule has 0 aliphatic heterocycles. The minimum Gasteiger partial charge on any atom is -0.331 e. The van der Waals surface area contributed by atoms with Crippen LogP contribution in [-0.2, 0) is 18.0 Å². The van der Waals surface area contributed by atoms with Crippen LogP contribution >= 0.6 is 11.3 Å². The van der Waals surface area contributed by atoms with Gasteiger partial charge in [0.05, 0.1) is 18.8 Å². The highest BCUT2D eigenvalue weighted by atomic mass is 32.1. The van der Waals surface area contributed by atoms with E-state index in [4.69, 9.17) is 4.84 Å². The fourth-order valence-corrected chi connectivity index (χ4v) is 3.26. The maximum atomic E-state index is 11.8. The summed E-state index contributed by atoms with van der Waals surface area (Å²) in [7, 11) is 0. The van der Waals surface area contributed by atoms with Crippen LogP contribution in [0.5, 0.6) is 0 Å². The van der Waals surface area contributed by atoms with Crippen LogP contribution < -0.4 is 10.8 Å². The van der Waals surface area contributed by atoms with Crippen molar-refractivity contribution < 1.29 is 9.63 Å². The molecule has 2 N–H and O–H groups in total. The highest BCUT2D eigenvalue weighted by Crippen LogP contribution is 2.27. The average Bonchev–Trinajstić information content (AvgIpc) is 3.02. The van der Waals surface area contributed by atoms with Crippen LogP contribution in [0.3, 0.4) is 0 Å². The number of carbonyl (C=O) groups is 1. The highest BCUT2D eigenvalue weighted by molar-refractivity contribution is 7.15. The first-order valence-corrected chi connectivity index (χ1v) is 8.75. The Morgan fingerprint density at radius 1 is 1.08 bits per heavy atom. The lowest BCUT2D eigenvalue weighted by molar-refractivity contribution is 0.0490. The second-order valence-electron chi connectivity index (χ2n) is 5.45. The van der Waals surface area contributed by atoms with Gasteiger partial charge in [0, 0.05) is 10.4 Å². The maximum absolute atomic E-state index is 11.8. The van der Waals surface area contributed by atoms with Crippen molar-refractivity contribution in [1.82, 2.24) is 15.8 Å². The van der Waals surface area contributed by atoms with Gasteiger partial charge in [-0.25, -0.2) is 15.3 Å². The highest BCUT2D eigenvalue weighted by Gasteiger charge is 2.10. The molecule has 0 saturated carbocycles. The Kier molecular flexibility index (Phi) is 5.77. The Bertz CT molecular complexity index is 819. The van der Waals surface area contributed by atoms with E-state index in [1.54, 1.807) is 11.3 Å². The molecule has 3 aromatic rings. The number of amides is 2. The molecule has 0 spiro atoms. The molecule has 1 heterocycles. The van der Waals surface area contributed by atoms with E-state index < -0.39 is 0 Å². The molecular formula is C19H19N3O2S. The number of hydrogen-bond donors (Lipinski definition) is 2. The van der Waals surface area contributed by atoms with Crippen molar-refractivity contribution in [3.63, 3.8) is 0 Å². The van der Waals surface area contributed by atoms with Crippen LogP contribution in [0.15, 0.2) is 60.7 Å². The number of aromatic nitrogens is 1. The molecule has 0 aliphatic carbocycles. The minimum atomic E-state index is -0.370. The fraction of sp³-hybridized carbons (Fsp3) is 0.158. The number of rotatable bonds is 6. The van der Waals surface area contributed by atoms with Gasteiger partial charge in [-0.1, -0.05) is 60.7 Å². The van der Waals surface area contributed by atoms with Gasteiger partial charge in [0.2, 0.25) is 0 Å². The topological polar surface area (TPSA) is 63.2 Å². The van der Waals surface area contributed by atoms with Crippen molar-refractivity contribution in [1.29, 1.82) is 0 Å². The normalized spacial score (nSPS) is 10.4. The molecule has 1 aromatic heterocycles. The lowest BCUT2D eigenvalue weighted by atomic mass is 10.2. The van der Waals surface area contributed by atoms with Crippen LogP contribution in [0.1, 0.15) is 16.1 Å². The Morgan fingerprint density at radius 3 is 2.48 bits per heavy atom. The number of aryl methyl sites for hydroxylation is 1. The third kappa shape index (κ3) is 4.89. The summed E-state index contributed by atoms with van der Waals surface area (Å²) in [4.78, 5) is 22.6. The summed E-state index contributed by atoms with van der Waals surface area (Å²) in [6, 6.07) is 19.3. The molecule has 2 aromatic carbocycles. The van der Waals surface area contributed by atoms with Crippen LogP contribution in [0.25, 0.3) is 10.6 Å². The third-order valence-electron chi connectivity index (χ3n) is 3.57. The van der Waals surface area contributed by atoms with Gasteiger partial charge in [-0.05, 0) is 12.5 Å². The molecule has 0 fully saturated rings. The first-order chi connectivity index (χ1) is 12.2. The van der Waals surface area contributed by atoms with Crippen LogP contribution in [0, 0.1) is 6.92 Å².